The molecule has 1 atom stereocenters. The Kier molecular flexibility index (Phi) is 7.37. The minimum Gasteiger partial charge on any atom is -0.491 e. The molecule has 35 heavy (non-hydrogen) atoms. The number of ether oxygens (including phenoxy) is 2. The van der Waals surface area contributed by atoms with Gasteiger partial charge in [-0.25, -0.2) is 0 Å². The van der Waals surface area contributed by atoms with Gasteiger partial charge in [0.2, 0.25) is 11.2 Å². The van der Waals surface area contributed by atoms with Gasteiger partial charge in [-0.1, -0.05) is 19.1 Å². The maximum absolute atomic E-state index is 13.8. The fourth-order valence-electron chi connectivity index (χ4n) is 4.11. The first-order valence-electron chi connectivity index (χ1n) is 11.6. The van der Waals surface area contributed by atoms with Crippen LogP contribution in [-0.4, -0.2) is 42.4 Å². The van der Waals surface area contributed by atoms with Crippen LogP contribution in [0.2, 0.25) is 0 Å². The Labute approximate surface area is 200 Å². The second kappa shape index (κ2) is 10.3. The second-order valence-corrected chi connectivity index (χ2v) is 9.11. The molecule has 0 spiro atoms. The maximum Gasteiger partial charge on any atom is 0.453 e. The average Bonchev–Trinajstić information content (AvgIpc) is 2.80. The van der Waals surface area contributed by atoms with Crippen molar-refractivity contribution in [3.8, 4) is 17.2 Å². The number of nitrogens with zero attached hydrogens (tertiary/aromatic N) is 1. The lowest BCUT2D eigenvalue weighted by molar-refractivity contribution is -0.154. The van der Waals surface area contributed by atoms with E-state index >= 15 is 0 Å². The molecule has 3 aromatic rings. The summed E-state index contributed by atoms with van der Waals surface area (Å²) in [6.45, 7) is 6.19. The van der Waals surface area contributed by atoms with Gasteiger partial charge in [-0.05, 0) is 68.6 Å². The largest absolute Gasteiger partial charge is 0.491 e. The summed E-state index contributed by atoms with van der Waals surface area (Å²) >= 11 is 0. The first kappa shape index (κ1) is 25.1. The molecule has 6 nitrogen and oxygen atoms in total. The van der Waals surface area contributed by atoms with Crippen molar-refractivity contribution in [1.29, 1.82) is 0 Å². The molecule has 1 fully saturated rings. The predicted octanol–water partition coefficient (Wildman–Crippen LogP) is 5.38. The zero-order chi connectivity index (χ0) is 25.2. The minimum absolute atomic E-state index is 0.0392. The van der Waals surface area contributed by atoms with Crippen LogP contribution in [0.1, 0.15) is 31.1 Å². The van der Waals surface area contributed by atoms with E-state index in [4.69, 9.17) is 13.9 Å². The number of halogens is 3. The number of rotatable bonds is 7. The number of alkyl halides is 3. The molecule has 0 amide bonds. The summed E-state index contributed by atoms with van der Waals surface area (Å²) in [4.78, 5) is 15.1. The third kappa shape index (κ3) is 6.15. The summed E-state index contributed by atoms with van der Waals surface area (Å²) in [5.41, 5.74) is -0.457. The topological polar surface area (TPSA) is 72.1 Å². The summed E-state index contributed by atoms with van der Waals surface area (Å²) in [7, 11) is 0. The molecule has 0 saturated carbocycles. The summed E-state index contributed by atoms with van der Waals surface area (Å²) in [6.07, 6.45) is -3.56. The zero-order valence-corrected chi connectivity index (χ0v) is 19.6. The average molecular weight is 492 g/mol. The number of hydrogen-bond donors (Lipinski definition) is 1. The van der Waals surface area contributed by atoms with Gasteiger partial charge >= 0.3 is 6.18 Å². The SMILES string of the molecule is Cc1cccc(Oc2c(C(F)(F)F)oc3cc(OC[C@H](O)CN4CCC(C)CC4)ccc3c2=O)c1. The molecule has 188 valence electrons. The molecule has 9 heteroatoms. The summed E-state index contributed by atoms with van der Waals surface area (Å²) in [6, 6.07) is 10.4. The van der Waals surface area contributed by atoms with Gasteiger partial charge in [-0.3, -0.25) is 4.79 Å². The van der Waals surface area contributed by atoms with Crippen LogP contribution in [0.5, 0.6) is 17.2 Å². The molecule has 4 rings (SSSR count). The summed E-state index contributed by atoms with van der Waals surface area (Å²) in [5, 5.41) is 10.3. The molecular weight excluding hydrogens is 463 g/mol. The van der Waals surface area contributed by atoms with Crippen molar-refractivity contribution in [1.82, 2.24) is 4.90 Å². The van der Waals surface area contributed by atoms with E-state index in [1.165, 1.54) is 30.3 Å². The lowest BCUT2D eigenvalue weighted by atomic mass is 9.99. The van der Waals surface area contributed by atoms with Gasteiger partial charge in [0.25, 0.3) is 5.76 Å². The lowest BCUT2D eigenvalue weighted by Gasteiger charge is -2.31. The van der Waals surface area contributed by atoms with Crippen LogP contribution < -0.4 is 14.9 Å². The Morgan fingerprint density at radius 3 is 2.57 bits per heavy atom. The van der Waals surface area contributed by atoms with E-state index in [0.29, 0.717) is 12.5 Å². The minimum atomic E-state index is -4.95. The molecule has 2 aromatic carbocycles. The van der Waals surface area contributed by atoms with E-state index in [1.807, 2.05) is 0 Å². The van der Waals surface area contributed by atoms with Crippen molar-refractivity contribution in [2.45, 2.75) is 39.0 Å². The fraction of sp³-hybridized carbons (Fsp3) is 0.423. The molecule has 1 aliphatic heterocycles. The summed E-state index contributed by atoms with van der Waals surface area (Å²) in [5.74, 6) is -1.48. The smallest absolute Gasteiger partial charge is 0.453 e. The van der Waals surface area contributed by atoms with Gasteiger partial charge in [0, 0.05) is 12.6 Å². The zero-order valence-electron chi connectivity index (χ0n) is 19.6. The molecule has 1 N–H and O–H groups in total. The molecule has 0 unspecified atom stereocenters. The van der Waals surface area contributed by atoms with Crippen LogP contribution in [-0.2, 0) is 6.18 Å². The highest BCUT2D eigenvalue weighted by atomic mass is 19.4. The van der Waals surface area contributed by atoms with Crippen molar-refractivity contribution in [2.75, 3.05) is 26.2 Å². The van der Waals surface area contributed by atoms with Crippen LogP contribution in [0.4, 0.5) is 13.2 Å². The van der Waals surface area contributed by atoms with Crippen LogP contribution in [0.15, 0.2) is 51.7 Å². The molecule has 1 aliphatic rings. The molecule has 1 saturated heterocycles. The number of aliphatic hydroxyl groups is 1. The number of aryl methyl sites for hydroxylation is 1. The molecule has 2 heterocycles. The van der Waals surface area contributed by atoms with Crippen molar-refractivity contribution < 1.29 is 32.2 Å². The van der Waals surface area contributed by atoms with Crippen molar-refractivity contribution in [2.24, 2.45) is 5.92 Å². The maximum atomic E-state index is 13.8. The monoisotopic (exact) mass is 491 g/mol. The molecular formula is C26H28F3NO5. The van der Waals surface area contributed by atoms with Crippen LogP contribution in [0, 0.1) is 12.8 Å². The number of aliphatic hydroxyl groups excluding tert-OH is 1. The van der Waals surface area contributed by atoms with Crippen molar-refractivity contribution >= 4 is 11.0 Å². The number of piperidine rings is 1. The standard InChI is InChI=1S/C26H28F3NO5/c1-16-8-10-30(11-9-16)14-18(31)15-33-19-6-7-21-22(13-19)35-25(26(27,28)29)24(23(21)32)34-20-5-3-4-17(2)12-20/h3-7,12-13,16,18,31H,8-11,14-15H2,1-2H3/t18-/m1/s1. The normalized spacial score (nSPS) is 16.4. The quantitative estimate of drug-likeness (QED) is 0.478. The van der Waals surface area contributed by atoms with Gasteiger partial charge in [0.1, 0.15) is 29.8 Å². The van der Waals surface area contributed by atoms with E-state index in [0.717, 1.165) is 31.5 Å². The Bertz CT molecular complexity index is 1230. The van der Waals surface area contributed by atoms with Crippen LogP contribution in [0.3, 0.4) is 0 Å². The predicted molar refractivity (Wildman–Crippen MR) is 125 cm³/mol. The molecule has 1 aromatic heterocycles. The number of hydrogen-bond acceptors (Lipinski definition) is 6. The molecule has 0 radical (unpaired) electrons. The highest BCUT2D eigenvalue weighted by Crippen LogP contribution is 2.38. The Balaban J connectivity index is 1.55. The molecule has 0 aliphatic carbocycles. The van der Waals surface area contributed by atoms with E-state index in [1.54, 1.807) is 19.1 Å². The van der Waals surface area contributed by atoms with Crippen molar-refractivity contribution in [3.05, 3.63) is 64.0 Å². The van der Waals surface area contributed by atoms with E-state index in [9.17, 15) is 23.1 Å². The number of likely N-dealkylation sites (tertiary alicyclic amines) is 1. The van der Waals surface area contributed by atoms with Crippen LogP contribution >= 0.6 is 0 Å². The molecule has 0 bridgehead atoms. The highest BCUT2D eigenvalue weighted by molar-refractivity contribution is 5.79. The highest BCUT2D eigenvalue weighted by Gasteiger charge is 2.40. The van der Waals surface area contributed by atoms with E-state index in [2.05, 4.69) is 11.8 Å². The summed E-state index contributed by atoms with van der Waals surface area (Å²) < 4.78 is 57.3. The number of benzene rings is 2. The first-order valence-corrected chi connectivity index (χ1v) is 11.6. The van der Waals surface area contributed by atoms with Crippen LogP contribution in [0.25, 0.3) is 11.0 Å². The van der Waals surface area contributed by atoms with Gasteiger partial charge in [-0.15, -0.1) is 0 Å². The Morgan fingerprint density at radius 2 is 1.89 bits per heavy atom. The lowest BCUT2D eigenvalue weighted by Crippen LogP contribution is -2.40. The van der Waals surface area contributed by atoms with Gasteiger partial charge in [0.15, 0.2) is 0 Å². The van der Waals surface area contributed by atoms with Gasteiger partial charge < -0.3 is 23.9 Å². The van der Waals surface area contributed by atoms with E-state index in [-0.39, 0.29) is 29.1 Å². The fourth-order valence-corrected chi connectivity index (χ4v) is 4.11. The third-order valence-electron chi connectivity index (χ3n) is 6.08. The third-order valence-corrected chi connectivity index (χ3v) is 6.08. The Morgan fingerprint density at radius 1 is 1.14 bits per heavy atom. The first-order chi connectivity index (χ1) is 16.6. The second-order valence-electron chi connectivity index (χ2n) is 9.11. The Hall–Kier alpha value is -3.04. The van der Waals surface area contributed by atoms with Gasteiger partial charge in [-0.2, -0.15) is 13.2 Å². The van der Waals surface area contributed by atoms with E-state index < -0.39 is 29.2 Å². The number of fused-ring (bicyclic) bond motifs is 1. The van der Waals surface area contributed by atoms with Crippen molar-refractivity contribution in [3.63, 3.8) is 0 Å². The van der Waals surface area contributed by atoms with Gasteiger partial charge in [0.05, 0.1) is 5.39 Å². The number of β-amino-alcohol motifs (C(OH)–C–C–N with tert-alkyl or cyclic N) is 1.